The molecule has 1 aromatic rings. The maximum absolute atomic E-state index is 11.9. The lowest BCUT2D eigenvalue weighted by Gasteiger charge is -2.33. The summed E-state index contributed by atoms with van der Waals surface area (Å²) < 4.78 is 5.22. The Kier molecular flexibility index (Phi) is 5.12. The van der Waals surface area contributed by atoms with Crippen molar-refractivity contribution in [1.29, 1.82) is 0 Å². The van der Waals surface area contributed by atoms with Crippen molar-refractivity contribution < 1.29 is 9.53 Å². The van der Waals surface area contributed by atoms with E-state index in [-0.39, 0.29) is 18.3 Å². The summed E-state index contributed by atoms with van der Waals surface area (Å²) in [4.78, 5) is 13.9. The van der Waals surface area contributed by atoms with Crippen LogP contribution in [0, 0.1) is 0 Å². The van der Waals surface area contributed by atoms with E-state index in [1.54, 1.807) is 14.0 Å². The van der Waals surface area contributed by atoms with Crippen molar-refractivity contribution in [3.05, 3.63) is 29.8 Å². The summed E-state index contributed by atoms with van der Waals surface area (Å²) >= 11 is 0. The molecule has 21 heavy (non-hydrogen) atoms. The number of carbonyl (C=O) groups is 1. The van der Waals surface area contributed by atoms with Gasteiger partial charge in [0, 0.05) is 31.5 Å². The lowest BCUT2D eigenvalue weighted by atomic mass is 9.87. The molecule has 2 heterocycles. The molecule has 2 saturated heterocycles. The molecule has 1 aromatic carbocycles. The first kappa shape index (κ1) is 16.1. The molecule has 2 aliphatic heterocycles. The van der Waals surface area contributed by atoms with Crippen molar-refractivity contribution in [1.82, 2.24) is 10.2 Å². The zero-order valence-electron chi connectivity index (χ0n) is 12.5. The predicted molar refractivity (Wildman–Crippen MR) is 85.2 cm³/mol. The van der Waals surface area contributed by atoms with Crippen molar-refractivity contribution in [3.63, 3.8) is 0 Å². The van der Waals surface area contributed by atoms with Crippen molar-refractivity contribution in [2.75, 3.05) is 20.2 Å². The molecule has 0 aromatic heterocycles. The van der Waals surface area contributed by atoms with Crippen molar-refractivity contribution >= 4 is 18.3 Å². The molecule has 0 radical (unpaired) electrons. The van der Waals surface area contributed by atoms with Gasteiger partial charge in [-0.05, 0) is 37.1 Å². The number of benzene rings is 1. The summed E-state index contributed by atoms with van der Waals surface area (Å²) in [6.07, 6.45) is 2.27. The molecular weight excluding hydrogens is 288 g/mol. The van der Waals surface area contributed by atoms with Gasteiger partial charge in [-0.2, -0.15) is 0 Å². The fourth-order valence-electron chi connectivity index (χ4n) is 3.64. The highest BCUT2D eigenvalue weighted by atomic mass is 35.5. The average Bonchev–Trinajstić information content (AvgIpc) is 2.87. The third kappa shape index (κ3) is 3.01. The lowest BCUT2D eigenvalue weighted by Crippen LogP contribution is -2.49. The van der Waals surface area contributed by atoms with Crippen LogP contribution in [-0.4, -0.2) is 43.1 Å². The van der Waals surface area contributed by atoms with Crippen LogP contribution in [0.1, 0.15) is 31.2 Å². The van der Waals surface area contributed by atoms with E-state index in [9.17, 15) is 4.79 Å². The monoisotopic (exact) mass is 310 g/mol. The number of fused-ring (bicyclic) bond motifs is 1. The van der Waals surface area contributed by atoms with E-state index in [0.717, 1.165) is 31.7 Å². The van der Waals surface area contributed by atoms with Gasteiger partial charge in [0.1, 0.15) is 5.75 Å². The molecule has 2 fully saturated rings. The van der Waals surface area contributed by atoms with Crippen LogP contribution in [-0.2, 0) is 4.79 Å². The second kappa shape index (κ2) is 6.67. The molecular formula is C16H23ClN2O2. The minimum Gasteiger partial charge on any atom is -0.497 e. The van der Waals surface area contributed by atoms with Gasteiger partial charge in [-0.3, -0.25) is 4.79 Å². The minimum absolute atomic E-state index is 0. The zero-order chi connectivity index (χ0) is 14.1. The van der Waals surface area contributed by atoms with E-state index >= 15 is 0 Å². The Bertz CT molecular complexity index is 492. The number of nitrogens with one attached hydrogen (secondary N) is 1. The molecule has 2 aliphatic rings. The summed E-state index contributed by atoms with van der Waals surface area (Å²) in [6.45, 7) is 3.56. The van der Waals surface area contributed by atoms with Crippen molar-refractivity contribution in [3.8, 4) is 5.75 Å². The van der Waals surface area contributed by atoms with Gasteiger partial charge in [0.15, 0.2) is 0 Å². The molecule has 3 unspecified atom stereocenters. The number of piperidine rings is 1. The van der Waals surface area contributed by atoms with E-state index < -0.39 is 0 Å². The number of methoxy groups -OCH3 is 1. The van der Waals surface area contributed by atoms with Gasteiger partial charge in [0.05, 0.1) is 7.11 Å². The summed E-state index contributed by atoms with van der Waals surface area (Å²) in [5, 5.41) is 3.62. The molecule has 3 atom stereocenters. The largest absolute Gasteiger partial charge is 0.497 e. The Labute approximate surface area is 132 Å². The van der Waals surface area contributed by atoms with Crippen LogP contribution < -0.4 is 10.1 Å². The Hall–Kier alpha value is -1.26. The van der Waals surface area contributed by atoms with Crippen molar-refractivity contribution in [2.24, 2.45) is 0 Å². The van der Waals surface area contributed by atoms with Gasteiger partial charge >= 0.3 is 0 Å². The topological polar surface area (TPSA) is 41.6 Å². The van der Waals surface area contributed by atoms with Crippen LogP contribution in [0.5, 0.6) is 5.75 Å². The van der Waals surface area contributed by atoms with Gasteiger partial charge in [0.2, 0.25) is 5.91 Å². The number of carbonyl (C=O) groups excluding carboxylic acids is 1. The van der Waals surface area contributed by atoms with E-state index in [4.69, 9.17) is 4.74 Å². The maximum Gasteiger partial charge on any atom is 0.219 e. The highest BCUT2D eigenvalue weighted by Crippen LogP contribution is 2.36. The van der Waals surface area contributed by atoms with Crippen LogP contribution >= 0.6 is 12.4 Å². The third-order valence-corrected chi connectivity index (χ3v) is 4.65. The molecule has 0 spiro atoms. The molecule has 5 heteroatoms. The fraction of sp³-hybridized carbons (Fsp3) is 0.562. The predicted octanol–water partition coefficient (Wildman–Crippen LogP) is 2.18. The maximum atomic E-state index is 11.9. The van der Waals surface area contributed by atoms with Gasteiger partial charge in [-0.1, -0.05) is 12.1 Å². The molecule has 3 rings (SSSR count). The van der Waals surface area contributed by atoms with Gasteiger partial charge < -0.3 is 15.0 Å². The number of rotatable bonds is 2. The number of nitrogens with zero attached hydrogens (tertiary/aromatic N) is 1. The first-order chi connectivity index (χ1) is 9.70. The molecule has 116 valence electrons. The third-order valence-electron chi connectivity index (χ3n) is 4.65. The van der Waals surface area contributed by atoms with E-state index in [1.807, 2.05) is 17.0 Å². The van der Waals surface area contributed by atoms with Gasteiger partial charge in [0.25, 0.3) is 0 Å². The molecule has 0 aliphatic carbocycles. The molecule has 1 amide bonds. The first-order valence-corrected chi connectivity index (χ1v) is 7.35. The van der Waals surface area contributed by atoms with Crippen LogP contribution in [0.25, 0.3) is 0 Å². The highest BCUT2D eigenvalue weighted by molar-refractivity contribution is 5.85. The van der Waals surface area contributed by atoms with Gasteiger partial charge in [-0.15, -0.1) is 12.4 Å². The highest BCUT2D eigenvalue weighted by Gasteiger charge is 2.44. The van der Waals surface area contributed by atoms with E-state index in [0.29, 0.717) is 18.0 Å². The smallest absolute Gasteiger partial charge is 0.219 e. The Morgan fingerprint density at radius 3 is 2.67 bits per heavy atom. The number of hydrogen-bond acceptors (Lipinski definition) is 3. The Morgan fingerprint density at radius 1 is 1.33 bits per heavy atom. The van der Waals surface area contributed by atoms with Crippen LogP contribution in [0.2, 0.25) is 0 Å². The molecule has 1 N–H and O–H groups in total. The van der Waals surface area contributed by atoms with E-state index in [1.165, 1.54) is 5.56 Å². The number of ether oxygens (including phenoxy) is 1. The minimum atomic E-state index is 0. The van der Waals surface area contributed by atoms with Crippen LogP contribution in [0.3, 0.4) is 0 Å². The Balaban J connectivity index is 0.00000161. The molecule has 4 nitrogen and oxygen atoms in total. The quantitative estimate of drug-likeness (QED) is 0.910. The number of hydrogen-bond donors (Lipinski definition) is 1. The van der Waals surface area contributed by atoms with E-state index in [2.05, 4.69) is 17.4 Å². The standard InChI is InChI=1S/C16H22N2O2.ClH/c1-11(19)18-10-14(16-15(18)4-3-9-17-16)12-5-7-13(20-2)8-6-12;/h5-8,14-17H,3-4,9-10H2,1-2H3;1H. The van der Waals surface area contributed by atoms with Gasteiger partial charge in [-0.25, -0.2) is 0 Å². The summed E-state index contributed by atoms with van der Waals surface area (Å²) in [7, 11) is 1.68. The molecule has 0 saturated carbocycles. The summed E-state index contributed by atoms with van der Waals surface area (Å²) in [5.74, 6) is 1.46. The second-order valence-electron chi connectivity index (χ2n) is 5.74. The molecule has 0 bridgehead atoms. The normalized spacial score (nSPS) is 27.7. The average molecular weight is 311 g/mol. The SMILES string of the molecule is COc1ccc(C2CN(C(C)=O)C3CCCNC23)cc1.Cl. The van der Waals surface area contributed by atoms with Crippen LogP contribution in [0.4, 0.5) is 0 Å². The second-order valence-corrected chi connectivity index (χ2v) is 5.74. The summed E-state index contributed by atoms with van der Waals surface area (Å²) in [6, 6.07) is 9.00. The number of amides is 1. The number of likely N-dealkylation sites (tertiary alicyclic amines) is 1. The Morgan fingerprint density at radius 2 is 2.05 bits per heavy atom. The summed E-state index contributed by atoms with van der Waals surface area (Å²) in [5.41, 5.74) is 1.29. The lowest BCUT2D eigenvalue weighted by molar-refractivity contribution is -0.130. The first-order valence-electron chi connectivity index (χ1n) is 7.35. The van der Waals surface area contributed by atoms with Crippen LogP contribution in [0.15, 0.2) is 24.3 Å². The van der Waals surface area contributed by atoms with Crippen molar-refractivity contribution in [2.45, 2.75) is 37.8 Å². The zero-order valence-corrected chi connectivity index (χ0v) is 13.4. The fourth-order valence-corrected chi connectivity index (χ4v) is 3.64. The number of halogens is 1.